The first-order chi connectivity index (χ1) is 8.70. The van der Waals surface area contributed by atoms with E-state index in [9.17, 15) is 9.90 Å². The lowest BCUT2D eigenvalue weighted by atomic mass is 10.1. The Morgan fingerprint density at radius 2 is 2.17 bits per heavy atom. The molecule has 0 spiro atoms. The standard InChI is InChI=1S/C13H17NO4/c1-17-13(16)11-3-2-10(8-12(11)15)9-14-4-6-18-7-5-14/h2-3,8,15H,4-7,9H2,1H3. The van der Waals surface area contributed by atoms with Crippen LogP contribution in [0.1, 0.15) is 15.9 Å². The number of methoxy groups -OCH3 is 1. The molecule has 18 heavy (non-hydrogen) atoms. The van der Waals surface area contributed by atoms with E-state index >= 15 is 0 Å². The Morgan fingerprint density at radius 1 is 1.44 bits per heavy atom. The molecule has 0 radical (unpaired) electrons. The monoisotopic (exact) mass is 251 g/mol. The van der Waals surface area contributed by atoms with E-state index in [0.717, 1.165) is 38.4 Å². The van der Waals surface area contributed by atoms with E-state index in [4.69, 9.17) is 4.74 Å². The highest BCUT2D eigenvalue weighted by atomic mass is 16.5. The predicted octanol–water partition coefficient (Wildman–Crippen LogP) is 1.01. The molecule has 0 saturated carbocycles. The van der Waals surface area contributed by atoms with Gasteiger partial charge in [-0.1, -0.05) is 6.07 Å². The molecule has 1 aromatic carbocycles. The van der Waals surface area contributed by atoms with Crippen LogP contribution in [-0.4, -0.2) is 49.4 Å². The van der Waals surface area contributed by atoms with Gasteiger partial charge in [0, 0.05) is 19.6 Å². The summed E-state index contributed by atoms with van der Waals surface area (Å²) in [5, 5.41) is 9.78. The SMILES string of the molecule is COC(=O)c1ccc(CN2CCOCC2)cc1O. The van der Waals surface area contributed by atoms with Gasteiger partial charge in [-0.2, -0.15) is 0 Å². The van der Waals surface area contributed by atoms with Crippen LogP contribution in [0.25, 0.3) is 0 Å². The minimum Gasteiger partial charge on any atom is -0.507 e. The number of esters is 1. The molecule has 0 aromatic heterocycles. The van der Waals surface area contributed by atoms with E-state index < -0.39 is 5.97 Å². The molecule has 1 fully saturated rings. The number of carbonyl (C=O) groups excluding carboxylic acids is 1. The number of aromatic hydroxyl groups is 1. The third-order valence-electron chi connectivity index (χ3n) is 2.98. The van der Waals surface area contributed by atoms with Gasteiger partial charge in [0.2, 0.25) is 0 Å². The van der Waals surface area contributed by atoms with Gasteiger partial charge in [-0.25, -0.2) is 4.79 Å². The maximum atomic E-state index is 11.3. The van der Waals surface area contributed by atoms with Gasteiger partial charge in [0.25, 0.3) is 0 Å². The normalized spacial score (nSPS) is 16.5. The van der Waals surface area contributed by atoms with Gasteiger partial charge in [-0.15, -0.1) is 0 Å². The molecule has 1 aliphatic heterocycles. The summed E-state index contributed by atoms with van der Waals surface area (Å²) in [6, 6.07) is 5.04. The van der Waals surface area contributed by atoms with Crippen LogP contribution in [0.2, 0.25) is 0 Å². The molecule has 5 heteroatoms. The zero-order valence-corrected chi connectivity index (χ0v) is 10.4. The number of hydrogen-bond donors (Lipinski definition) is 1. The Bertz CT molecular complexity index is 427. The molecule has 0 aliphatic carbocycles. The fraction of sp³-hybridized carbons (Fsp3) is 0.462. The molecule has 0 unspecified atom stereocenters. The third-order valence-corrected chi connectivity index (χ3v) is 2.98. The van der Waals surface area contributed by atoms with E-state index in [0.29, 0.717) is 0 Å². The lowest BCUT2D eigenvalue weighted by molar-refractivity contribution is 0.0341. The molecular formula is C13H17NO4. The van der Waals surface area contributed by atoms with E-state index in [2.05, 4.69) is 9.64 Å². The van der Waals surface area contributed by atoms with Crippen molar-refractivity contribution in [3.8, 4) is 5.75 Å². The highest BCUT2D eigenvalue weighted by Gasteiger charge is 2.14. The second-order valence-electron chi connectivity index (χ2n) is 4.23. The number of phenols is 1. The second kappa shape index (κ2) is 5.84. The molecule has 0 bridgehead atoms. The molecule has 1 N–H and O–H groups in total. The van der Waals surface area contributed by atoms with Crippen molar-refractivity contribution in [2.24, 2.45) is 0 Å². The first-order valence-corrected chi connectivity index (χ1v) is 5.91. The molecule has 1 aliphatic rings. The summed E-state index contributed by atoms with van der Waals surface area (Å²) in [4.78, 5) is 13.6. The lowest BCUT2D eigenvalue weighted by Gasteiger charge is -2.26. The zero-order chi connectivity index (χ0) is 13.0. The van der Waals surface area contributed by atoms with Gasteiger partial charge in [0.05, 0.1) is 20.3 Å². The average molecular weight is 251 g/mol. The molecule has 5 nitrogen and oxygen atoms in total. The molecule has 0 atom stereocenters. The summed E-state index contributed by atoms with van der Waals surface area (Å²) in [6.07, 6.45) is 0. The van der Waals surface area contributed by atoms with Gasteiger partial charge in [0.1, 0.15) is 11.3 Å². The number of carbonyl (C=O) groups is 1. The topological polar surface area (TPSA) is 59.0 Å². The highest BCUT2D eigenvalue weighted by Crippen LogP contribution is 2.20. The largest absolute Gasteiger partial charge is 0.507 e. The maximum Gasteiger partial charge on any atom is 0.341 e. The van der Waals surface area contributed by atoms with Gasteiger partial charge in [0.15, 0.2) is 0 Å². The Morgan fingerprint density at radius 3 is 2.78 bits per heavy atom. The van der Waals surface area contributed by atoms with Crippen molar-refractivity contribution in [1.29, 1.82) is 0 Å². The number of nitrogens with zero attached hydrogens (tertiary/aromatic N) is 1. The number of phenolic OH excluding ortho intramolecular Hbond substituents is 1. The van der Waals surface area contributed by atoms with Crippen LogP contribution in [0.3, 0.4) is 0 Å². The summed E-state index contributed by atoms with van der Waals surface area (Å²) in [7, 11) is 1.30. The first-order valence-electron chi connectivity index (χ1n) is 5.91. The molecule has 1 saturated heterocycles. The van der Waals surface area contributed by atoms with E-state index in [-0.39, 0.29) is 11.3 Å². The van der Waals surface area contributed by atoms with Crippen LogP contribution in [0, 0.1) is 0 Å². The van der Waals surface area contributed by atoms with E-state index in [1.165, 1.54) is 7.11 Å². The first kappa shape index (κ1) is 12.9. The van der Waals surface area contributed by atoms with Crippen molar-refractivity contribution in [2.45, 2.75) is 6.54 Å². The molecule has 98 valence electrons. The Labute approximate surface area is 106 Å². The van der Waals surface area contributed by atoms with Crippen molar-refractivity contribution in [3.05, 3.63) is 29.3 Å². The summed E-state index contributed by atoms with van der Waals surface area (Å²) in [6.45, 7) is 4.01. The Balaban J connectivity index is 2.06. The van der Waals surface area contributed by atoms with Crippen molar-refractivity contribution in [3.63, 3.8) is 0 Å². The molecule has 1 aromatic rings. The van der Waals surface area contributed by atoms with Crippen LogP contribution >= 0.6 is 0 Å². The number of rotatable bonds is 3. The van der Waals surface area contributed by atoms with Gasteiger partial charge in [-0.05, 0) is 17.7 Å². The Kier molecular flexibility index (Phi) is 4.17. The zero-order valence-electron chi connectivity index (χ0n) is 10.4. The smallest absolute Gasteiger partial charge is 0.341 e. The number of ether oxygens (including phenoxy) is 2. The molecule has 0 amide bonds. The van der Waals surface area contributed by atoms with Gasteiger partial charge < -0.3 is 14.6 Å². The quantitative estimate of drug-likeness (QED) is 0.812. The van der Waals surface area contributed by atoms with Crippen LogP contribution in [-0.2, 0) is 16.0 Å². The summed E-state index contributed by atoms with van der Waals surface area (Å²) < 4.78 is 9.86. The van der Waals surface area contributed by atoms with E-state index in [1.807, 2.05) is 6.07 Å². The summed E-state index contributed by atoms with van der Waals surface area (Å²) >= 11 is 0. The van der Waals surface area contributed by atoms with Crippen molar-refractivity contribution in [1.82, 2.24) is 4.90 Å². The Hall–Kier alpha value is -1.59. The minimum absolute atomic E-state index is 0.0346. The van der Waals surface area contributed by atoms with Crippen LogP contribution in [0.15, 0.2) is 18.2 Å². The lowest BCUT2D eigenvalue weighted by Crippen LogP contribution is -2.35. The van der Waals surface area contributed by atoms with Crippen LogP contribution in [0.5, 0.6) is 5.75 Å². The van der Waals surface area contributed by atoms with E-state index in [1.54, 1.807) is 12.1 Å². The second-order valence-corrected chi connectivity index (χ2v) is 4.23. The molecule has 1 heterocycles. The number of benzene rings is 1. The summed E-state index contributed by atoms with van der Waals surface area (Å²) in [5.74, 6) is -0.557. The van der Waals surface area contributed by atoms with Crippen LogP contribution in [0.4, 0.5) is 0 Å². The molecule has 2 rings (SSSR count). The number of hydrogen-bond acceptors (Lipinski definition) is 5. The van der Waals surface area contributed by atoms with Crippen molar-refractivity contribution < 1.29 is 19.4 Å². The van der Waals surface area contributed by atoms with Crippen LogP contribution < -0.4 is 0 Å². The fourth-order valence-electron chi connectivity index (χ4n) is 1.98. The van der Waals surface area contributed by atoms with Crippen molar-refractivity contribution in [2.75, 3.05) is 33.4 Å². The maximum absolute atomic E-state index is 11.3. The molecular weight excluding hydrogens is 234 g/mol. The predicted molar refractivity (Wildman–Crippen MR) is 65.5 cm³/mol. The van der Waals surface area contributed by atoms with Crippen molar-refractivity contribution >= 4 is 5.97 Å². The van der Waals surface area contributed by atoms with Gasteiger partial charge in [-0.3, -0.25) is 4.90 Å². The minimum atomic E-state index is -0.523. The third kappa shape index (κ3) is 3.00. The summed E-state index contributed by atoms with van der Waals surface area (Å²) in [5.41, 5.74) is 1.17. The average Bonchev–Trinajstić information content (AvgIpc) is 2.39. The van der Waals surface area contributed by atoms with Gasteiger partial charge >= 0.3 is 5.97 Å². The number of morpholine rings is 1. The fourth-order valence-corrected chi connectivity index (χ4v) is 1.98. The highest BCUT2D eigenvalue weighted by molar-refractivity contribution is 5.92.